The van der Waals surface area contributed by atoms with Crippen LogP contribution in [0.3, 0.4) is 0 Å². The molecule has 3 saturated heterocycles. The number of nitrogens with zero attached hydrogens (tertiary/aromatic N) is 3. The van der Waals surface area contributed by atoms with E-state index in [0.29, 0.717) is 22.6 Å². The standard InChI is InChI=1S/C18H20Cl2N4O/c19-12-5-13(20)7-15(6-12)23-4-3-11(9-23)18(25)22-16-8-14-1-2-17(16)24(14)10-21/h5-7,11,14,16-17H,1-4,8-9H2,(H,22,25)/t11?,14?,16-,17-/m1/s1. The average molecular weight is 379 g/mol. The second-order valence-corrected chi connectivity index (χ2v) is 8.09. The van der Waals surface area contributed by atoms with Crippen molar-refractivity contribution in [2.45, 2.75) is 43.8 Å². The molecule has 3 aliphatic heterocycles. The third-order valence-corrected chi connectivity index (χ3v) is 6.19. The third kappa shape index (κ3) is 3.14. The van der Waals surface area contributed by atoms with E-state index in [9.17, 15) is 10.1 Å². The molecule has 0 radical (unpaired) electrons. The second kappa shape index (κ2) is 6.59. The molecule has 25 heavy (non-hydrogen) atoms. The van der Waals surface area contributed by atoms with Gasteiger partial charge in [0.1, 0.15) is 0 Å². The molecule has 2 bridgehead atoms. The van der Waals surface area contributed by atoms with Crippen molar-refractivity contribution in [1.82, 2.24) is 10.2 Å². The van der Waals surface area contributed by atoms with Gasteiger partial charge in [-0.25, -0.2) is 0 Å². The Morgan fingerprint density at radius 3 is 2.64 bits per heavy atom. The molecule has 1 amide bonds. The minimum absolute atomic E-state index is 0.0348. The first-order valence-electron chi connectivity index (χ1n) is 8.74. The van der Waals surface area contributed by atoms with Crippen LogP contribution in [0.25, 0.3) is 0 Å². The molecule has 132 valence electrons. The Labute approximate surface area is 157 Å². The quantitative estimate of drug-likeness (QED) is 0.821. The smallest absolute Gasteiger partial charge is 0.225 e. The van der Waals surface area contributed by atoms with Crippen LogP contribution in [-0.4, -0.2) is 42.0 Å². The molecule has 0 spiro atoms. The highest BCUT2D eigenvalue weighted by molar-refractivity contribution is 6.35. The van der Waals surface area contributed by atoms with Gasteiger partial charge in [0.2, 0.25) is 5.91 Å². The van der Waals surface area contributed by atoms with Gasteiger partial charge in [0, 0.05) is 34.9 Å². The Morgan fingerprint density at radius 2 is 1.96 bits per heavy atom. The van der Waals surface area contributed by atoms with Crippen LogP contribution in [0.5, 0.6) is 0 Å². The molecule has 4 rings (SSSR count). The summed E-state index contributed by atoms with van der Waals surface area (Å²) in [7, 11) is 0. The van der Waals surface area contributed by atoms with E-state index in [1.54, 1.807) is 6.07 Å². The fourth-order valence-electron chi connectivity index (χ4n) is 4.53. The number of rotatable bonds is 3. The van der Waals surface area contributed by atoms with Crippen molar-refractivity contribution >= 4 is 34.8 Å². The van der Waals surface area contributed by atoms with E-state index in [4.69, 9.17) is 23.2 Å². The molecular formula is C18H20Cl2N4O. The Balaban J connectivity index is 1.37. The van der Waals surface area contributed by atoms with Crippen LogP contribution in [0.2, 0.25) is 10.0 Å². The van der Waals surface area contributed by atoms with Crippen LogP contribution in [0.15, 0.2) is 18.2 Å². The van der Waals surface area contributed by atoms with Crippen molar-refractivity contribution in [3.05, 3.63) is 28.2 Å². The first kappa shape index (κ1) is 16.8. The molecule has 1 aromatic carbocycles. The third-order valence-electron chi connectivity index (χ3n) is 5.75. The van der Waals surface area contributed by atoms with Gasteiger partial charge >= 0.3 is 0 Å². The van der Waals surface area contributed by atoms with Crippen molar-refractivity contribution in [1.29, 1.82) is 5.26 Å². The first-order chi connectivity index (χ1) is 12.0. The zero-order valence-electron chi connectivity index (χ0n) is 13.8. The van der Waals surface area contributed by atoms with E-state index in [0.717, 1.165) is 37.9 Å². The summed E-state index contributed by atoms with van der Waals surface area (Å²) in [6.45, 7) is 1.49. The van der Waals surface area contributed by atoms with Crippen molar-refractivity contribution in [2.24, 2.45) is 5.92 Å². The van der Waals surface area contributed by atoms with Gasteiger partial charge in [0.25, 0.3) is 0 Å². The topological polar surface area (TPSA) is 59.4 Å². The predicted octanol–water partition coefficient (Wildman–Crippen LogP) is 3.02. The number of carbonyl (C=O) groups is 1. The lowest BCUT2D eigenvalue weighted by Gasteiger charge is -2.24. The van der Waals surface area contributed by atoms with Crippen molar-refractivity contribution in [3.63, 3.8) is 0 Å². The molecule has 3 aliphatic rings. The minimum atomic E-state index is -0.0348. The molecule has 0 aliphatic carbocycles. The average Bonchev–Trinajstić information content (AvgIpc) is 3.27. The fourth-order valence-corrected chi connectivity index (χ4v) is 5.05. The summed E-state index contributed by atoms with van der Waals surface area (Å²) in [6, 6.07) is 6.09. The fraction of sp³-hybridized carbons (Fsp3) is 0.556. The van der Waals surface area contributed by atoms with E-state index in [2.05, 4.69) is 16.4 Å². The zero-order valence-corrected chi connectivity index (χ0v) is 15.3. The van der Waals surface area contributed by atoms with E-state index >= 15 is 0 Å². The molecule has 3 heterocycles. The van der Waals surface area contributed by atoms with E-state index < -0.39 is 0 Å². The number of carbonyl (C=O) groups excluding carboxylic acids is 1. The summed E-state index contributed by atoms with van der Waals surface area (Å²) >= 11 is 12.2. The largest absolute Gasteiger partial charge is 0.371 e. The number of hydrogen-bond acceptors (Lipinski definition) is 4. The van der Waals surface area contributed by atoms with Gasteiger partial charge in [-0.05, 0) is 43.9 Å². The molecule has 1 aromatic rings. The van der Waals surface area contributed by atoms with Crippen LogP contribution in [0.4, 0.5) is 5.69 Å². The lowest BCUT2D eigenvalue weighted by molar-refractivity contribution is -0.125. The van der Waals surface area contributed by atoms with Gasteiger partial charge in [-0.3, -0.25) is 4.79 Å². The van der Waals surface area contributed by atoms with Crippen molar-refractivity contribution in [3.8, 4) is 6.19 Å². The Hall–Kier alpha value is -1.64. The van der Waals surface area contributed by atoms with Crippen LogP contribution < -0.4 is 10.2 Å². The van der Waals surface area contributed by atoms with Gasteiger partial charge in [-0.15, -0.1) is 0 Å². The van der Waals surface area contributed by atoms with Crippen molar-refractivity contribution < 1.29 is 4.79 Å². The highest BCUT2D eigenvalue weighted by atomic mass is 35.5. The highest BCUT2D eigenvalue weighted by Crippen LogP contribution is 2.37. The second-order valence-electron chi connectivity index (χ2n) is 7.22. The molecule has 3 fully saturated rings. The van der Waals surface area contributed by atoms with E-state index in [-0.39, 0.29) is 23.9 Å². The summed E-state index contributed by atoms with van der Waals surface area (Å²) in [5.41, 5.74) is 0.961. The SMILES string of the molecule is N#CN1C2CC[C@@H]1[C@H](NC(=O)C1CCN(c3cc(Cl)cc(Cl)c3)C1)C2. The van der Waals surface area contributed by atoms with E-state index in [1.165, 1.54) is 0 Å². The minimum Gasteiger partial charge on any atom is -0.371 e. The summed E-state index contributed by atoms with van der Waals surface area (Å²) < 4.78 is 0. The van der Waals surface area contributed by atoms with Gasteiger partial charge in [-0.2, -0.15) is 5.26 Å². The molecule has 5 nitrogen and oxygen atoms in total. The molecular weight excluding hydrogens is 359 g/mol. The number of nitriles is 1. The monoisotopic (exact) mass is 378 g/mol. The first-order valence-corrected chi connectivity index (χ1v) is 9.50. The Morgan fingerprint density at radius 1 is 1.20 bits per heavy atom. The van der Waals surface area contributed by atoms with Crippen LogP contribution in [0.1, 0.15) is 25.7 Å². The molecule has 2 unspecified atom stereocenters. The summed E-state index contributed by atoms with van der Waals surface area (Å²) in [5, 5.41) is 13.7. The van der Waals surface area contributed by atoms with Gasteiger partial charge in [0.05, 0.1) is 18.0 Å². The molecule has 7 heteroatoms. The molecule has 1 N–H and O–H groups in total. The van der Waals surface area contributed by atoms with Gasteiger partial charge < -0.3 is 15.1 Å². The van der Waals surface area contributed by atoms with Crippen LogP contribution in [0, 0.1) is 17.4 Å². The molecule has 4 atom stereocenters. The number of nitrogens with one attached hydrogen (secondary N) is 1. The van der Waals surface area contributed by atoms with Crippen LogP contribution >= 0.6 is 23.2 Å². The maximum atomic E-state index is 12.7. The highest BCUT2D eigenvalue weighted by Gasteiger charge is 2.47. The maximum absolute atomic E-state index is 12.7. The molecule has 0 aromatic heterocycles. The predicted molar refractivity (Wildman–Crippen MR) is 97.6 cm³/mol. The number of amides is 1. The number of fused-ring (bicyclic) bond motifs is 2. The summed E-state index contributed by atoms with van der Waals surface area (Å²) in [5.74, 6) is 0.0680. The lowest BCUT2D eigenvalue weighted by atomic mass is 9.95. The summed E-state index contributed by atoms with van der Waals surface area (Å²) in [4.78, 5) is 16.7. The normalized spacial score (nSPS) is 30.6. The number of anilines is 1. The molecule has 0 saturated carbocycles. The van der Waals surface area contributed by atoms with Crippen molar-refractivity contribution in [2.75, 3.05) is 18.0 Å². The summed E-state index contributed by atoms with van der Waals surface area (Å²) in [6.07, 6.45) is 6.07. The Kier molecular flexibility index (Phi) is 4.43. The van der Waals surface area contributed by atoms with Gasteiger partial charge in [0.15, 0.2) is 6.19 Å². The Bertz CT molecular complexity index is 714. The van der Waals surface area contributed by atoms with E-state index in [1.807, 2.05) is 17.0 Å². The number of benzene rings is 1. The number of hydrogen-bond donors (Lipinski definition) is 1. The zero-order chi connectivity index (χ0) is 17.6. The number of halogens is 2. The maximum Gasteiger partial charge on any atom is 0.225 e. The van der Waals surface area contributed by atoms with Gasteiger partial charge in [-0.1, -0.05) is 23.2 Å². The van der Waals surface area contributed by atoms with Crippen LogP contribution in [-0.2, 0) is 4.79 Å². The lowest BCUT2D eigenvalue weighted by Crippen LogP contribution is -2.46.